The summed E-state index contributed by atoms with van der Waals surface area (Å²) in [7, 11) is 1.45. The number of carbonyl (C=O) groups excluding carboxylic acids is 1. The van der Waals surface area contributed by atoms with Gasteiger partial charge in [0.15, 0.2) is 11.6 Å². The first-order chi connectivity index (χ1) is 14.1. The molecule has 29 heavy (non-hydrogen) atoms. The van der Waals surface area contributed by atoms with Crippen molar-refractivity contribution in [1.29, 1.82) is 0 Å². The van der Waals surface area contributed by atoms with E-state index in [2.05, 4.69) is 10.1 Å². The molecule has 0 bridgehead atoms. The van der Waals surface area contributed by atoms with Gasteiger partial charge in [-0.3, -0.25) is 9.69 Å². The quantitative estimate of drug-likeness (QED) is 0.662. The Morgan fingerprint density at radius 2 is 1.86 bits per heavy atom. The Morgan fingerprint density at radius 1 is 1.10 bits per heavy atom. The Labute approximate surface area is 168 Å². The van der Waals surface area contributed by atoms with Gasteiger partial charge in [-0.2, -0.15) is 0 Å². The van der Waals surface area contributed by atoms with Gasteiger partial charge >= 0.3 is 0 Å². The number of rotatable bonds is 5. The van der Waals surface area contributed by atoms with Gasteiger partial charge in [0.2, 0.25) is 5.76 Å². The van der Waals surface area contributed by atoms with Crippen LogP contribution < -0.4 is 4.74 Å². The van der Waals surface area contributed by atoms with Gasteiger partial charge in [-0.15, -0.1) is 0 Å². The molecule has 150 valence electrons. The fourth-order valence-electron chi connectivity index (χ4n) is 3.45. The van der Waals surface area contributed by atoms with E-state index in [1.54, 1.807) is 17.0 Å². The molecule has 0 radical (unpaired) electrons. The third kappa shape index (κ3) is 4.30. The van der Waals surface area contributed by atoms with Gasteiger partial charge in [0.05, 0.1) is 7.11 Å². The highest BCUT2D eigenvalue weighted by molar-refractivity contribution is 5.92. The van der Waals surface area contributed by atoms with Gasteiger partial charge in [-0.05, 0) is 17.7 Å². The second-order valence-electron chi connectivity index (χ2n) is 6.98. The van der Waals surface area contributed by atoms with E-state index >= 15 is 0 Å². The monoisotopic (exact) mass is 395 g/mol. The number of hydrogen-bond donors (Lipinski definition) is 0. The summed E-state index contributed by atoms with van der Waals surface area (Å²) >= 11 is 0. The van der Waals surface area contributed by atoms with Gasteiger partial charge in [0.25, 0.3) is 5.91 Å². The topological polar surface area (TPSA) is 58.8 Å². The van der Waals surface area contributed by atoms with Crippen molar-refractivity contribution in [2.24, 2.45) is 0 Å². The molecule has 1 aliphatic heterocycles. The van der Waals surface area contributed by atoms with Crippen LogP contribution in [-0.2, 0) is 6.54 Å². The minimum absolute atomic E-state index is 0.158. The van der Waals surface area contributed by atoms with Gasteiger partial charge in [-0.25, -0.2) is 4.39 Å². The normalized spacial score (nSPS) is 14.8. The second kappa shape index (κ2) is 8.45. The average Bonchev–Trinajstić information content (AvgIpc) is 3.25. The molecule has 0 spiro atoms. The fourth-order valence-corrected chi connectivity index (χ4v) is 3.45. The summed E-state index contributed by atoms with van der Waals surface area (Å²) in [6.45, 7) is 3.21. The molecular formula is C22H22FN3O3. The number of methoxy groups -OCH3 is 1. The summed E-state index contributed by atoms with van der Waals surface area (Å²) in [6.07, 6.45) is 0. The molecule has 0 N–H and O–H groups in total. The molecule has 2 aromatic carbocycles. The maximum Gasteiger partial charge on any atom is 0.292 e. The number of halogens is 1. The number of carbonyl (C=O) groups is 1. The minimum Gasteiger partial charge on any atom is -0.494 e. The summed E-state index contributed by atoms with van der Waals surface area (Å²) in [6, 6.07) is 16.3. The summed E-state index contributed by atoms with van der Waals surface area (Å²) in [5, 5.41) is 4.02. The predicted molar refractivity (Wildman–Crippen MR) is 106 cm³/mol. The number of benzene rings is 2. The van der Waals surface area contributed by atoms with Crippen LogP contribution in [0.3, 0.4) is 0 Å². The van der Waals surface area contributed by atoms with Crippen molar-refractivity contribution in [3.8, 4) is 17.0 Å². The highest BCUT2D eigenvalue weighted by Gasteiger charge is 2.25. The van der Waals surface area contributed by atoms with Crippen LogP contribution >= 0.6 is 0 Å². The maximum atomic E-state index is 13.9. The molecule has 3 aromatic rings. The van der Waals surface area contributed by atoms with Crippen LogP contribution in [0.1, 0.15) is 16.1 Å². The van der Waals surface area contributed by atoms with Crippen LogP contribution in [0.25, 0.3) is 11.3 Å². The zero-order chi connectivity index (χ0) is 20.2. The predicted octanol–water partition coefficient (Wildman–Crippen LogP) is 3.45. The molecule has 0 unspecified atom stereocenters. The summed E-state index contributed by atoms with van der Waals surface area (Å²) in [4.78, 5) is 16.7. The maximum absolute atomic E-state index is 13.9. The number of ether oxygens (including phenoxy) is 1. The summed E-state index contributed by atoms with van der Waals surface area (Å²) < 4.78 is 24.1. The molecule has 1 aromatic heterocycles. The number of aromatic nitrogens is 1. The zero-order valence-electron chi connectivity index (χ0n) is 16.2. The van der Waals surface area contributed by atoms with Crippen LogP contribution in [0.15, 0.2) is 59.1 Å². The lowest BCUT2D eigenvalue weighted by Crippen LogP contribution is -2.48. The number of amides is 1. The molecule has 0 aliphatic carbocycles. The minimum atomic E-state index is -0.363. The van der Waals surface area contributed by atoms with Crippen molar-refractivity contribution >= 4 is 5.91 Å². The molecular weight excluding hydrogens is 373 g/mol. The van der Waals surface area contributed by atoms with Crippen LogP contribution in [0.4, 0.5) is 4.39 Å². The highest BCUT2D eigenvalue weighted by atomic mass is 19.1. The molecule has 1 amide bonds. The van der Waals surface area contributed by atoms with Crippen LogP contribution in [0, 0.1) is 5.82 Å². The van der Waals surface area contributed by atoms with E-state index in [0.717, 1.165) is 11.1 Å². The van der Waals surface area contributed by atoms with Crippen LogP contribution in [-0.4, -0.2) is 54.2 Å². The van der Waals surface area contributed by atoms with E-state index in [0.29, 0.717) is 38.4 Å². The average molecular weight is 395 g/mol. The standard InChI is InChI=1S/C22H22FN3O3/c1-28-20-8-7-16(13-18(20)23)15-25-9-11-26(12-10-25)22(27)21-14-19(24-29-21)17-5-3-2-4-6-17/h2-8,13-14H,9-12,15H2,1H3. The lowest BCUT2D eigenvalue weighted by Gasteiger charge is -2.34. The van der Waals surface area contributed by atoms with Gasteiger partial charge in [0.1, 0.15) is 5.69 Å². The summed E-state index contributed by atoms with van der Waals surface area (Å²) in [5.41, 5.74) is 2.44. The molecule has 0 saturated carbocycles. The Morgan fingerprint density at radius 3 is 2.55 bits per heavy atom. The first-order valence-electron chi connectivity index (χ1n) is 9.50. The lowest BCUT2D eigenvalue weighted by atomic mass is 10.1. The van der Waals surface area contributed by atoms with Gasteiger partial charge in [-0.1, -0.05) is 41.6 Å². The lowest BCUT2D eigenvalue weighted by molar-refractivity contribution is 0.0588. The van der Waals surface area contributed by atoms with Gasteiger partial charge < -0.3 is 14.2 Å². The molecule has 7 heteroatoms. The number of piperazine rings is 1. The fraction of sp³-hybridized carbons (Fsp3) is 0.273. The second-order valence-corrected chi connectivity index (χ2v) is 6.98. The van der Waals surface area contributed by atoms with E-state index < -0.39 is 0 Å². The molecule has 4 rings (SSSR count). The first kappa shape index (κ1) is 19.1. The Balaban J connectivity index is 1.34. The third-order valence-corrected chi connectivity index (χ3v) is 5.07. The number of hydrogen-bond acceptors (Lipinski definition) is 5. The highest BCUT2D eigenvalue weighted by Crippen LogP contribution is 2.21. The van der Waals surface area contributed by atoms with E-state index in [9.17, 15) is 9.18 Å². The Kier molecular flexibility index (Phi) is 5.57. The van der Waals surface area contributed by atoms with E-state index in [-0.39, 0.29) is 23.2 Å². The van der Waals surface area contributed by atoms with Crippen LogP contribution in [0.2, 0.25) is 0 Å². The third-order valence-electron chi connectivity index (χ3n) is 5.07. The molecule has 2 heterocycles. The summed E-state index contributed by atoms with van der Waals surface area (Å²) in [5.74, 6) is -0.0335. The molecule has 1 saturated heterocycles. The molecule has 1 aliphatic rings. The van der Waals surface area contributed by atoms with Crippen molar-refractivity contribution in [2.75, 3.05) is 33.3 Å². The largest absolute Gasteiger partial charge is 0.494 e. The Bertz CT molecular complexity index is 982. The van der Waals surface area contributed by atoms with Crippen molar-refractivity contribution in [1.82, 2.24) is 15.0 Å². The van der Waals surface area contributed by atoms with Crippen molar-refractivity contribution in [2.45, 2.75) is 6.54 Å². The van der Waals surface area contributed by atoms with E-state index in [1.165, 1.54) is 13.2 Å². The van der Waals surface area contributed by atoms with Gasteiger partial charge in [0, 0.05) is 44.4 Å². The molecule has 0 atom stereocenters. The van der Waals surface area contributed by atoms with Crippen molar-refractivity contribution in [3.63, 3.8) is 0 Å². The smallest absolute Gasteiger partial charge is 0.292 e. The molecule has 6 nitrogen and oxygen atoms in total. The zero-order valence-corrected chi connectivity index (χ0v) is 16.2. The van der Waals surface area contributed by atoms with Crippen molar-refractivity contribution in [3.05, 3.63) is 71.7 Å². The number of nitrogens with zero attached hydrogens (tertiary/aromatic N) is 3. The van der Waals surface area contributed by atoms with E-state index in [1.807, 2.05) is 36.4 Å². The Hall–Kier alpha value is -3.19. The molecule has 1 fully saturated rings. The van der Waals surface area contributed by atoms with Crippen LogP contribution in [0.5, 0.6) is 5.75 Å². The van der Waals surface area contributed by atoms with Crippen molar-refractivity contribution < 1.29 is 18.4 Å². The SMILES string of the molecule is COc1ccc(CN2CCN(C(=O)c3cc(-c4ccccc4)no3)CC2)cc1F. The first-order valence-corrected chi connectivity index (χ1v) is 9.50. The van der Waals surface area contributed by atoms with E-state index in [4.69, 9.17) is 9.26 Å².